The SMILES string of the molecule is CCNC(=NCC(C)(O)c1cnn(C)c1)NCCc1ccc(Cl)s1. The van der Waals surface area contributed by atoms with Crippen molar-refractivity contribution in [3.63, 3.8) is 0 Å². The van der Waals surface area contributed by atoms with Crippen molar-refractivity contribution in [3.8, 4) is 0 Å². The predicted octanol–water partition coefficient (Wildman–Crippen LogP) is 2.14. The summed E-state index contributed by atoms with van der Waals surface area (Å²) in [4.78, 5) is 5.72. The first kappa shape index (κ1) is 18.8. The number of guanidine groups is 1. The van der Waals surface area contributed by atoms with E-state index in [1.165, 1.54) is 4.88 Å². The normalized spacial score (nSPS) is 14.5. The Balaban J connectivity index is 1.91. The van der Waals surface area contributed by atoms with Gasteiger partial charge >= 0.3 is 0 Å². The average Bonchev–Trinajstić information content (AvgIpc) is 3.14. The summed E-state index contributed by atoms with van der Waals surface area (Å²) in [5.74, 6) is 0.685. The van der Waals surface area contributed by atoms with Crippen LogP contribution in [0.3, 0.4) is 0 Å². The van der Waals surface area contributed by atoms with Crippen LogP contribution >= 0.6 is 22.9 Å². The Morgan fingerprint density at radius 2 is 2.25 bits per heavy atom. The van der Waals surface area contributed by atoms with Gasteiger partial charge in [-0.3, -0.25) is 4.68 Å². The van der Waals surface area contributed by atoms with Crippen LogP contribution in [-0.2, 0) is 19.1 Å². The van der Waals surface area contributed by atoms with Crippen molar-refractivity contribution in [1.82, 2.24) is 20.4 Å². The van der Waals surface area contributed by atoms with Gasteiger partial charge < -0.3 is 15.7 Å². The number of halogens is 1. The van der Waals surface area contributed by atoms with E-state index in [4.69, 9.17) is 11.6 Å². The molecule has 1 atom stereocenters. The lowest BCUT2D eigenvalue weighted by Gasteiger charge is -2.20. The van der Waals surface area contributed by atoms with Crippen LogP contribution < -0.4 is 10.6 Å². The fraction of sp³-hybridized carbons (Fsp3) is 0.500. The van der Waals surface area contributed by atoms with Gasteiger partial charge in [0.2, 0.25) is 0 Å². The quantitative estimate of drug-likeness (QED) is 0.516. The monoisotopic (exact) mass is 369 g/mol. The summed E-state index contributed by atoms with van der Waals surface area (Å²) >= 11 is 7.52. The molecule has 132 valence electrons. The molecule has 8 heteroatoms. The number of aromatic nitrogens is 2. The molecule has 0 radical (unpaired) electrons. The Hall–Kier alpha value is -1.57. The minimum absolute atomic E-state index is 0.249. The van der Waals surface area contributed by atoms with Crippen LogP contribution in [0.2, 0.25) is 4.34 Å². The molecule has 6 nitrogen and oxygen atoms in total. The lowest BCUT2D eigenvalue weighted by atomic mass is 10.0. The van der Waals surface area contributed by atoms with Gasteiger partial charge in [-0.15, -0.1) is 11.3 Å². The minimum atomic E-state index is -1.06. The van der Waals surface area contributed by atoms with Crippen molar-refractivity contribution in [2.24, 2.45) is 12.0 Å². The number of thiophene rings is 1. The van der Waals surface area contributed by atoms with Gasteiger partial charge in [0.15, 0.2) is 5.96 Å². The Morgan fingerprint density at radius 3 is 2.83 bits per heavy atom. The fourth-order valence-electron chi connectivity index (χ4n) is 2.16. The first-order valence-corrected chi connectivity index (χ1v) is 9.08. The van der Waals surface area contributed by atoms with Crippen LogP contribution in [0.25, 0.3) is 0 Å². The molecule has 0 bridgehead atoms. The first-order valence-electron chi connectivity index (χ1n) is 7.88. The van der Waals surface area contributed by atoms with E-state index in [0.717, 1.165) is 29.4 Å². The van der Waals surface area contributed by atoms with Crippen LogP contribution in [0, 0.1) is 0 Å². The molecule has 3 N–H and O–H groups in total. The number of aliphatic hydroxyl groups is 1. The highest BCUT2D eigenvalue weighted by molar-refractivity contribution is 7.16. The van der Waals surface area contributed by atoms with Gasteiger partial charge in [-0.2, -0.15) is 5.10 Å². The summed E-state index contributed by atoms with van der Waals surface area (Å²) in [5, 5.41) is 21.2. The average molecular weight is 370 g/mol. The summed E-state index contributed by atoms with van der Waals surface area (Å²) in [6, 6.07) is 3.94. The lowest BCUT2D eigenvalue weighted by Crippen LogP contribution is -2.39. The summed E-state index contributed by atoms with van der Waals surface area (Å²) in [6.45, 7) is 5.50. The van der Waals surface area contributed by atoms with Crippen molar-refractivity contribution in [1.29, 1.82) is 0 Å². The number of hydrogen-bond donors (Lipinski definition) is 3. The maximum Gasteiger partial charge on any atom is 0.191 e. The highest BCUT2D eigenvalue weighted by Gasteiger charge is 2.24. The Kier molecular flexibility index (Phi) is 6.65. The molecule has 0 aliphatic rings. The molecule has 0 amide bonds. The van der Waals surface area contributed by atoms with E-state index < -0.39 is 5.60 Å². The zero-order valence-corrected chi connectivity index (χ0v) is 15.8. The molecule has 2 heterocycles. The third-order valence-electron chi connectivity index (χ3n) is 3.51. The Morgan fingerprint density at radius 1 is 1.46 bits per heavy atom. The largest absolute Gasteiger partial charge is 0.383 e. The molecule has 0 aromatic carbocycles. The summed E-state index contributed by atoms with van der Waals surface area (Å²) in [6.07, 6.45) is 4.34. The van der Waals surface area contributed by atoms with Crippen LogP contribution in [0.1, 0.15) is 24.3 Å². The van der Waals surface area contributed by atoms with Crippen LogP contribution in [0.4, 0.5) is 0 Å². The van der Waals surface area contributed by atoms with Crippen molar-refractivity contribution in [2.75, 3.05) is 19.6 Å². The Labute approximate surface area is 151 Å². The van der Waals surface area contributed by atoms with E-state index in [2.05, 4.69) is 20.7 Å². The molecule has 24 heavy (non-hydrogen) atoms. The second kappa shape index (κ2) is 8.50. The highest BCUT2D eigenvalue weighted by atomic mass is 35.5. The van der Waals surface area contributed by atoms with E-state index in [1.54, 1.807) is 35.3 Å². The topological polar surface area (TPSA) is 74.5 Å². The molecule has 0 spiro atoms. The van der Waals surface area contributed by atoms with Crippen molar-refractivity contribution < 1.29 is 5.11 Å². The molecule has 0 fully saturated rings. The van der Waals surface area contributed by atoms with Crippen LogP contribution in [0.5, 0.6) is 0 Å². The van der Waals surface area contributed by atoms with E-state index >= 15 is 0 Å². The minimum Gasteiger partial charge on any atom is -0.383 e. The zero-order valence-electron chi connectivity index (χ0n) is 14.2. The number of aliphatic imine (C=N–C) groups is 1. The third kappa shape index (κ3) is 5.51. The van der Waals surface area contributed by atoms with Gasteiger partial charge in [-0.1, -0.05) is 11.6 Å². The van der Waals surface area contributed by atoms with Gasteiger partial charge in [-0.25, -0.2) is 4.99 Å². The standard InChI is InChI=1S/C16H24ClN5OS/c1-4-18-15(19-8-7-13-5-6-14(17)24-13)20-11-16(2,23)12-9-21-22(3)10-12/h5-6,9-10,23H,4,7-8,11H2,1-3H3,(H2,18,19,20). The molecule has 0 aliphatic carbocycles. The van der Waals surface area contributed by atoms with Gasteiger partial charge in [0, 0.05) is 36.8 Å². The molecule has 0 saturated carbocycles. The smallest absolute Gasteiger partial charge is 0.191 e. The number of nitrogens with zero attached hydrogens (tertiary/aromatic N) is 3. The van der Waals surface area contributed by atoms with Gasteiger partial charge in [0.05, 0.1) is 17.1 Å². The molecule has 2 aromatic heterocycles. The molecule has 1 unspecified atom stereocenters. The second-order valence-electron chi connectivity index (χ2n) is 5.75. The van der Waals surface area contributed by atoms with Gasteiger partial charge in [0.25, 0.3) is 0 Å². The van der Waals surface area contributed by atoms with Crippen molar-refractivity contribution >= 4 is 28.9 Å². The molecular weight excluding hydrogens is 346 g/mol. The van der Waals surface area contributed by atoms with Gasteiger partial charge in [-0.05, 0) is 32.4 Å². The second-order valence-corrected chi connectivity index (χ2v) is 7.55. The highest BCUT2D eigenvalue weighted by Crippen LogP contribution is 2.21. The molecule has 2 aromatic rings. The maximum atomic E-state index is 10.6. The number of rotatable bonds is 7. The molecule has 0 aliphatic heterocycles. The van der Waals surface area contributed by atoms with Crippen LogP contribution in [0.15, 0.2) is 29.5 Å². The summed E-state index contributed by atoms with van der Waals surface area (Å²) in [5.41, 5.74) is -0.310. The maximum absolute atomic E-state index is 10.6. The predicted molar refractivity (Wildman–Crippen MR) is 99.8 cm³/mol. The summed E-state index contributed by atoms with van der Waals surface area (Å²) in [7, 11) is 1.82. The summed E-state index contributed by atoms with van der Waals surface area (Å²) < 4.78 is 2.47. The Bertz CT molecular complexity index is 680. The van der Waals surface area contributed by atoms with E-state index in [0.29, 0.717) is 5.96 Å². The number of hydrogen-bond acceptors (Lipinski definition) is 4. The fourth-order valence-corrected chi connectivity index (χ4v) is 3.24. The molecule has 2 rings (SSSR count). The van der Waals surface area contributed by atoms with Crippen molar-refractivity contribution in [2.45, 2.75) is 25.9 Å². The zero-order chi connectivity index (χ0) is 17.6. The number of aryl methyl sites for hydroxylation is 1. The third-order valence-corrected chi connectivity index (χ3v) is 4.80. The van der Waals surface area contributed by atoms with E-state index in [9.17, 15) is 5.11 Å². The lowest BCUT2D eigenvalue weighted by molar-refractivity contribution is 0.0672. The number of nitrogens with one attached hydrogen (secondary N) is 2. The van der Waals surface area contributed by atoms with E-state index in [1.807, 2.05) is 26.1 Å². The molecule has 0 saturated heterocycles. The van der Waals surface area contributed by atoms with Crippen LogP contribution in [-0.4, -0.2) is 40.5 Å². The van der Waals surface area contributed by atoms with Crippen molar-refractivity contribution in [3.05, 3.63) is 39.3 Å². The van der Waals surface area contributed by atoms with E-state index in [-0.39, 0.29) is 6.54 Å². The van der Waals surface area contributed by atoms with Gasteiger partial charge in [0.1, 0.15) is 5.60 Å². The first-order chi connectivity index (χ1) is 11.4. The molecular formula is C16H24ClN5OS.